The van der Waals surface area contributed by atoms with E-state index in [1.165, 1.54) is 25.5 Å². The highest BCUT2D eigenvalue weighted by Gasteiger charge is 2.54. The van der Waals surface area contributed by atoms with Crippen molar-refractivity contribution in [2.45, 2.75) is 124 Å². The summed E-state index contributed by atoms with van der Waals surface area (Å²) >= 11 is 9.56. The average Bonchev–Trinajstić information content (AvgIpc) is 3.40. The van der Waals surface area contributed by atoms with E-state index in [1.807, 2.05) is 39.5 Å². The molecule has 1 aromatic heterocycles. The van der Waals surface area contributed by atoms with E-state index in [0.29, 0.717) is 23.5 Å². The van der Waals surface area contributed by atoms with Crippen LogP contribution in [0.5, 0.6) is 0 Å². The zero-order chi connectivity index (χ0) is 37.1. The smallest absolute Gasteiger partial charge is 0.209 e. The molecule has 5 fully saturated rings. The van der Waals surface area contributed by atoms with Gasteiger partial charge in [-0.05, 0) is 113 Å². The molecule has 5 aliphatic rings. The number of likely N-dealkylation sites (tertiary alicyclic amines) is 1. The van der Waals surface area contributed by atoms with Crippen molar-refractivity contribution >= 4 is 64.1 Å². The number of nitrogens with zero attached hydrogens (tertiary/aromatic N) is 5. The number of hydrogen-bond acceptors (Lipinski definition) is 8. The van der Waals surface area contributed by atoms with E-state index in [1.54, 1.807) is 7.11 Å². The highest BCUT2D eigenvalue weighted by Crippen LogP contribution is 2.56. The van der Waals surface area contributed by atoms with Gasteiger partial charge >= 0.3 is 0 Å². The lowest BCUT2D eigenvalue weighted by molar-refractivity contribution is -0.140. The Morgan fingerprint density at radius 3 is 2.25 bits per heavy atom. The van der Waals surface area contributed by atoms with Crippen molar-refractivity contribution in [1.29, 1.82) is 5.41 Å². The lowest BCUT2D eigenvalue weighted by atomic mass is 9.61. The SMILES string of the molecule is C.CC.COC(C)(C)C.Cc1cc(NPI)c(C=N)c(-c2c(N3CCN(C4CCOCC4)CC34CCC4)nn(C3CC4(C3)CN(C=O)C4)c2C)c1Cl. The van der Waals surface area contributed by atoms with Gasteiger partial charge in [0.05, 0.1) is 22.2 Å². The summed E-state index contributed by atoms with van der Waals surface area (Å²) in [7, 11) is 1.71. The Morgan fingerprint density at radius 1 is 1.10 bits per heavy atom. The molecule has 2 aromatic rings. The lowest BCUT2D eigenvalue weighted by Gasteiger charge is -2.58. The minimum Gasteiger partial charge on any atom is -0.381 e. The van der Waals surface area contributed by atoms with Crippen LogP contribution in [0.25, 0.3) is 11.1 Å². The number of methoxy groups -OCH3 is 1. The fourth-order valence-electron chi connectivity index (χ4n) is 8.67. The molecule has 1 unspecified atom stereocenters. The van der Waals surface area contributed by atoms with Gasteiger partial charge in [-0.25, -0.2) is 0 Å². The average molecular weight is 872 g/mol. The predicted octanol–water partition coefficient (Wildman–Crippen LogP) is 9.28. The molecule has 1 atom stereocenters. The number of rotatable bonds is 8. The maximum atomic E-state index is 11.3. The number of hydrogen-bond donors (Lipinski definition) is 2. The van der Waals surface area contributed by atoms with E-state index in [0.717, 1.165) is 117 Å². The third-order valence-electron chi connectivity index (χ3n) is 11.6. The van der Waals surface area contributed by atoms with Crippen LogP contribution in [-0.4, -0.2) is 102 Å². The highest BCUT2D eigenvalue weighted by molar-refractivity contribution is 14.2. The van der Waals surface area contributed by atoms with Gasteiger partial charge in [0, 0.05) is 105 Å². The first kappa shape index (κ1) is 43.2. The normalized spacial score (nSPS) is 21.3. The number of nitrogens with one attached hydrogen (secondary N) is 2. The van der Waals surface area contributed by atoms with E-state index in [9.17, 15) is 4.79 Å². The Morgan fingerprint density at radius 2 is 1.73 bits per heavy atom. The summed E-state index contributed by atoms with van der Waals surface area (Å²) in [5, 5.41) is 18.2. The molecule has 7 rings (SSSR count). The zero-order valence-electron chi connectivity index (χ0n) is 32.0. The van der Waals surface area contributed by atoms with Gasteiger partial charge < -0.3 is 29.8 Å². The van der Waals surface area contributed by atoms with Crippen LogP contribution in [0.2, 0.25) is 5.02 Å². The van der Waals surface area contributed by atoms with Gasteiger partial charge in [-0.15, -0.1) is 0 Å². The van der Waals surface area contributed by atoms with Crippen LogP contribution in [0.1, 0.15) is 110 Å². The highest BCUT2D eigenvalue weighted by atomic mass is 127. The van der Waals surface area contributed by atoms with Crippen molar-refractivity contribution in [3.8, 4) is 11.1 Å². The molecular formula is C39H64ClIN7O3P. The summed E-state index contributed by atoms with van der Waals surface area (Å²) in [5.41, 5.74) is 6.29. The summed E-state index contributed by atoms with van der Waals surface area (Å²) < 4.78 is 12.9. The number of piperazine rings is 1. The molecule has 1 amide bonds. The molecular weight excluding hydrogens is 808 g/mol. The standard InChI is InChI=1S/C31H42ClIN7O2P.C5H12O.C2H6.CH4/c1-20-12-25(36-43-33)24(15-34)27(28(20)32)26-21(2)40(23-13-30(14-23)16-37(17-30)19-41)35-29(26)39-9-8-38(18-31(39)6-3-7-31)22-4-10-42-11-5-22;1-5(2,3)6-4;1-2;/h12,15,19,22-23,34,36,43H,3-11,13-14,16-18H2,1-2H3;1-4H3;1-2H3;1H4. The first-order valence-electron chi connectivity index (χ1n) is 18.8. The number of anilines is 2. The van der Waals surface area contributed by atoms with Crippen molar-refractivity contribution < 1.29 is 14.3 Å². The second kappa shape index (κ2) is 18.0. The van der Waals surface area contributed by atoms with Gasteiger partial charge in [-0.1, -0.05) is 32.9 Å². The van der Waals surface area contributed by atoms with E-state index in [-0.39, 0.29) is 24.0 Å². The summed E-state index contributed by atoms with van der Waals surface area (Å²) in [6.45, 7) is 20.8. The van der Waals surface area contributed by atoms with Crippen molar-refractivity contribution in [1.82, 2.24) is 19.6 Å². The zero-order valence-corrected chi connectivity index (χ0v) is 35.9. The lowest BCUT2D eigenvalue weighted by Crippen LogP contribution is -2.67. The number of aryl methyl sites for hydroxylation is 1. The molecule has 0 bridgehead atoms. The number of ether oxygens (including phenoxy) is 2. The fourth-order valence-corrected chi connectivity index (χ4v) is 10.1. The molecule has 2 saturated carbocycles. The van der Waals surface area contributed by atoms with E-state index >= 15 is 0 Å². The molecule has 1 aromatic carbocycles. The minimum atomic E-state index is 0. The Bertz CT molecular complexity index is 1520. The number of halogens is 2. The molecule has 3 aliphatic heterocycles. The van der Waals surface area contributed by atoms with Crippen LogP contribution in [0.3, 0.4) is 0 Å². The molecule has 10 nitrogen and oxygen atoms in total. The number of aromatic nitrogens is 2. The van der Waals surface area contributed by atoms with Crippen molar-refractivity contribution in [2.24, 2.45) is 5.41 Å². The fraction of sp³-hybridized carbons (Fsp3) is 0.718. The molecule has 2 spiro atoms. The monoisotopic (exact) mass is 871 g/mol. The van der Waals surface area contributed by atoms with Crippen LogP contribution < -0.4 is 9.99 Å². The van der Waals surface area contributed by atoms with E-state index in [2.05, 4.69) is 61.5 Å². The number of carbonyl (C=O) groups excluding carboxylic acids is 1. The predicted molar refractivity (Wildman–Crippen MR) is 229 cm³/mol. The summed E-state index contributed by atoms with van der Waals surface area (Å²) in [6, 6.07) is 2.98. The number of benzene rings is 1. The third-order valence-corrected chi connectivity index (χ3v) is 13.3. The van der Waals surface area contributed by atoms with E-state index in [4.69, 9.17) is 31.6 Å². The van der Waals surface area contributed by atoms with Crippen LogP contribution >= 0.6 is 40.0 Å². The largest absolute Gasteiger partial charge is 0.381 e. The van der Waals surface area contributed by atoms with Gasteiger partial charge in [0.25, 0.3) is 0 Å². The van der Waals surface area contributed by atoms with Crippen LogP contribution in [-0.2, 0) is 14.3 Å². The summed E-state index contributed by atoms with van der Waals surface area (Å²) in [4.78, 5) is 18.5. The van der Waals surface area contributed by atoms with Crippen LogP contribution in [0.4, 0.5) is 11.5 Å². The van der Waals surface area contributed by atoms with Gasteiger partial charge in [0.1, 0.15) is 0 Å². The second-order valence-electron chi connectivity index (χ2n) is 15.9. The molecule has 13 heteroatoms. The Balaban J connectivity index is 0.000000613. The maximum absolute atomic E-state index is 11.3. The maximum Gasteiger partial charge on any atom is 0.209 e. The second-order valence-corrected chi connectivity index (χ2v) is 18.3. The van der Waals surface area contributed by atoms with Crippen molar-refractivity contribution in [2.75, 3.05) is 63.0 Å². The van der Waals surface area contributed by atoms with Gasteiger partial charge in [-0.3, -0.25) is 14.4 Å². The third kappa shape index (κ3) is 8.65. The molecule has 3 saturated heterocycles. The van der Waals surface area contributed by atoms with Crippen LogP contribution in [0, 0.1) is 24.7 Å². The van der Waals surface area contributed by atoms with E-state index < -0.39 is 0 Å². The Hall–Kier alpha value is -1.50. The Labute approximate surface area is 333 Å². The molecule has 2 aliphatic carbocycles. The topological polar surface area (TPSA) is 99.0 Å². The first-order chi connectivity index (χ1) is 24.4. The molecule has 0 radical (unpaired) electrons. The van der Waals surface area contributed by atoms with Gasteiger partial charge in [-0.2, -0.15) is 5.10 Å². The Kier molecular flexibility index (Phi) is 14.9. The number of amides is 1. The van der Waals surface area contributed by atoms with Crippen molar-refractivity contribution in [3.05, 3.63) is 27.9 Å². The molecule has 292 valence electrons. The number of carbonyl (C=O) groups is 1. The molecule has 52 heavy (non-hydrogen) atoms. The quantitative estimate of drug-likeness (QED) is 0.118. The van der Waals surface area contributed by atoms with Crippen molar-refractivity contribution in [3.63, 3.8) is 0 Å². The van der Waals surface area contributed by atoms with Crippen LogP contribution in [0.15, 0.2) is 6.07 Å². The summed E-state index contributed by atoms with van der Waals surface area (Å²) in [6.07, 6.45) is 10.8. The van der Waals surface area contributed by atoms with Gasteiger partial charge in [0.2, 0.25) is 6.41 Å². The van der Waals surface area contributed by atoms with Gasteiger partial charge in [0.15, 0.2) is 5.82 Å². The first-order valence-corrected chi connectivity index (χ1v) is 23.3. The summed E-state index contributed by atoms with van der Waals surface area (Å²) in [5.74, 6) is 1.03. The molecule has 2 N–H and O–H groups in total. The molecule has 4 heterocycles. The minimum absolute atomic E-state index is 0.